The zero-order valence-electron chi connectivity index (χ0n) is 10.3. The third kappa shape index (κ3) is 3.83. The molecular formula is C12H21NO3. The standard InChI is InChI=1S/C12H21NO3/c1-12(2,3)6-4-10(14)13-7-5-9(8-13)11(15)16/h9H,4-8H2,1-3H3,(H,15,16). The van der Waals surface area contributed by atoms with Gasteiger partial charge in [-0.1, -0.05) is 20.8 Å². The number of carbonyl (C=O) groups excluding carboxylic acids is 1. The Morgan fingerprint density at radius 2 is 2.00 bits per heavy atom. The van der Waals surface area contributed by atoms with Crippen LogP contribution in [0.1, 0.15) is 40.0 Å². The van der Waals surface area contributed by atoms with Gasteiger partial charge < -0.3 is 10.0 Å². The van der Waals surface area contributed by atoms with Crippen LogP contribution < -0.4 is 0 Å². The Morgan fingerprint density at radius 1 is 1.38 bits per heavy atom. The van der Waals surface area contributed by atoms with Crippen molar-refractivity contribution in [1.29, 1.82) is 0 Å². The molecule has 1 N–H and O–H groups in total. The zero-order valence-corrected chi connectivity index (χ0v) is 10.3. The maximum absolute atomic E-state index is 11.8. The van der Waals surface area contributed by atoms with Crippen LogP contribution in [0.2, 0.25) is 0 Å². The van der Waals surface area contributed by atoms with E-state index in [-0.39, 0.29) is 17.2 Å². The number of aliphatic carboxylic acids is 1. The van der Waals surface area contributed by atoms with Crippen LogP contribution in [0.15, 0.2) is 0 Å². The van der Waals surface area contributed by atoms with Crippen LogP contribution in [-0.2, 0) is 9.59 Å². The molecule has 0 spiro atoms. The molecule has 4 heteroatoms. The quantitative estimate of drug-likeness (QED) is 0.799. The van der Waals surface area contributed by atoms with Gasteiger partial charge in [-0.3, -0.25) is 9.59 Å². The topological polar surface area (TPSA) is 57.6 Å². The van der Waals surface area contributed by atoms with Gasteiger partial charge >= 0.3 is 5.97 Å². The van der Waals surface area contributed by atoms with Crippen molar-refractivity contribution in [3.8, 4) is 0 Å². The van der Waals surface area contributed by atoms with Gasteiger partial charge in [0.2, 0.25) is 5.91 Å². The van der Waals surface area contributed by atoms with Crippen molar-refractivity contribution >= 4 is 11.9 Å². The molecule has 4 nitrogen and oxygen atoms in total. The zero-order chi connectivity index (χ0) is 12.3. The smallest absolute Gasteiger partial charge is 0.308 e. The molecule has 1 saturated heterocycles. The molecule has 0 bridgehead atoms. The molecule has 0 aromatic carbocycles. The van der Waals surface area contributed by atoms with E-state index in [1.807, 2.05) is 0 Å². The number of hydrogen-bond acceptors (Lipinski definition) is 2. The molecule has 0 radical (unpaired) electrons. The molecule has 1 amide bonds. The number of nitrogens with zero attached hydrogens (tertiary/aromatic N) is 1. The molecule has 92 valence electrons. The van der Waals surface area contributed by atoms with E-state index in [9.17, 15) is 9.59 Å². The highest BCUT2D eigenvalue weighted by molar-refractivity contribution is 5.78. The van der Waals surface area contributed by atoms with Gasteiger partial charge in [-0.2, -0.15) is 0 Å². The van der Waals surface area contributed by atoms with Gasteiger partial charge in [0, 0.05) is 19.5 Å². The number of amides is 1. The summed E-state index contributed by atoms with van der Waals surface area (Å²) in [5.74, 6) is -1.05. The predicted octanol–water partition coefficient (Wildman–Crippen LogP) is 1.75. The SMILES string of the molecule is CC(C)(C)CCC(=O)N1CCC(C(=O)O)C1. The summed E-state index contributed by atoms with van der Waals surface area (Å²) in [6, 6.07) is 0. The molecule has 1 fully saturated rings. The Morgan fingerprint density at radius 3 is 2.44 bits per heavy atom. The molecule has 1 aliphatic rings. The number of carboxylic acid groups (broad SMARTS) is 1. The summed E-state index contributed by atoms with van der Waals surface area (Å²) < 4.78 is 0. The fourth-order valence-corrected chi connectivity index (χ4v) is 1.83. The second kappa shape index (κ2) is 4.85. The van der Waals surface area contributed by atoms with E-state index in [4.69, 9.17) is 5.11 Å². The fourth-order valence-electron chi connectivity index (χ4n) is 1.83. The Balaban J connectivity index is 2.37. The Hall–Kier alpha value is -1.06. The number of carboxylic acids is 1. The molecule has 1 unspecified atom stereocenters. The Bertz CT molecular complexity index is 280. The van der Waals surface area contributed by atoms with Gasteiger partial charge in [-0.25, -0.2) is 0 Å². The first-order chi connectivity index (χ1) is 7.29. The first-order valence-corrected chi connectivity index (χ1v) is 5.80. The second-order valence-corrected chi connectivity index (χ2v) is 5.72. The number of rotatable bonds is 3. The van der Waals surface area contributed by atoms with Crippen molar-refractivity contribution < 1.29 is 14.7 Å². The first kappa shape index (κ1) is 13.0. The summed E-state index contributed by atoms with van der Waals surface area (Å²) in [5, 5.41) is 8.83. The lowest BCUT2D eigenvalue weighted by Gasteiger charge is -2.21. The summed E-state index contributed by atoms with van der Waals surface area (Å²) in [6.45, 7) is 7.29. The van der Waals surface area contributed by atoms with Gasteiger partial charge in [0.1, 0.15) is 0 Å². The minimum atomic E-state index is -0.786. The molecule has 0 aliphatic carbocycles. The lowest BCUT2D eigenvalue weighted by Crippen LogP contribution is -2.30. The average Bonchev–Trinajstić information content (AvgIpc) is 2.61. The second-order valence-electron chi connectivity index (χ2n) is 5.72. The highest BCUT2D eigenvalue weighted by Gasteiger charge is 2.30. The van der Waals surface area contributed by atoms with E-state index in [0.29, 0.717) is 25.9 Å². The maximum Gasteiger partial charge on any atom is 0.308 e. The lowest BCUT2D eigenvalue weighted by atomic mass is 9.90. The maximum atomic E-state index is 11.8. The Labute approximate surface area is 96.6 Å². The molecule has 0 saturated carbocycles. The van der Waals surface area contributed by atoms with Crippen LogP contribution >= 0.6 is 0 Å². The molecule has 1 rings (SSSR count). The largest absolute Gasteiger partial charge is 0.481 e. The summed E-state index contributed by atoms with van der Waals surface area (Å²) in [6.07, 6.45) is 1.96. The highest BCUT2D eigenvalue weighted by atomic mass is 16.4. The molecule has 16 heavy (non-hydrogen) atoms. The van der Waals surface area contributed by atoms with Crippen LogP contribution in [0.4, 0.5) is 0 Å². The van der Waals surface area contributed by atoms with E-state index in [0.717, 1.165) is 6.42 Å². The predicted molar refractivity (Wildman–Crippen MR) is 61.0 cm³/mol. The van der Waals surface area contributed by atoms with E-state index in [1.165, 1.54) is 0 Å². The molecule has 1 heterocycles. The molecular weight excluding hydrogens is 206 g/mol. The Kier molecular flexibility index (Phi) is 3.94. The minimum absolute atomic E-state index is 0.0960. The first-order valence-electron chi connectivity index (χ1n) is 5.80. The van der Waals surface area contributed by atoms with Crippen LogP contribution in [0.5, 0.6) is 0 Å². The van der Waals surface area contributed by atoms with Gasteiger partial charge in [-0.15, -0.1) is 0 Å². The number of hydrogen-bond donors (Lipinski definition) is 1. The summed E-state index contributed by atoms with van der Waals surface area (Å²) >= 11 is 0. The number of likely N-dealkylation sites (tertiary alicyclic amines) is 1. The van der Waals surface area contributed by atoms with Crippen molar-refractivity contribution in [2.24, 2.45) is 11.3 Å². The minimum Gasteiger partial charge on any atom is -0.481 e. The lowest BCUT2D eigenvalue weighted by molar-refractivity contribution is -0.141. The van der Waals surface area contributed by atoms with E-state index in [2.05, 4.69) is 20.8 Å². The fraction of sp³-hybridized carbons (Fsp3) is 0.833. The van der Waals surface area contributed by atoms with Crippen molar-refractivity contribution in [2.45, 2.75) is 40.0 Å². The van der Waals surface area contributed by atoms with Crippen LogP contribution in [-0.4, -0.2) is 35.0 Å². The van der Waals surface area contributed by atoms with Crippen molar-refractivity contribution in [2.75, 3.05) is 13.1 Å². The van der Waals surface area contributed by atoms with E-state index in [1.54, 1.807) is 4.90 Å². The number of carbonyl (C=O) groups is 2. The summed E-state index contributed by atoms with van der Waals surface area (Å²) in [5.41, 5.74) is 0.154. The normalized spacial score (nSPS) is 21.2. The van der Waals surface area contributed by atoms with E-state index >= 15 is 0 Å². The monoisotopic (exact) mass is 227 g/mol. The van der Waals surface area contributed by atoms with Gasteiger partial charge in [-0.05, 0) is 18.3 Å². The molecule has 0 aromatic rings. The van der Waals surface area contributed by atoms with Crippen LogP contribution in [0.3, 0.4) is 0 Å². The van der Waals surface area contributed by atoms with Crippen molar-refractivity contribution in [3.05, 3.63) is 0 Å². The van der Waals surface area contributed by atoms with Crippen molar-refractivity contribution in [1.82, 2.24) is 4.90 Å². The highest BCUT2D eigenvalue weighted by Crippen LogP contribution is 2.23. The molecule has 0 aromatic heterocycles. The van der Waals surface area contributed by atoms with Gasteiger partial charge in [0.05, 0.1) is 5.92 Å². The third-order valence-corrected chi connectivity index (χ3v) is 2.98. The molecule has 1 atom stereocenters. The van der Waals surface area contributed by atoms with Crippen LogP contribution in [0, 0.1) is 11.3 Å². The van der Waals surface area contributed by atoms with Crippen molar-refractivity contribution in [3.63, 3.8) is 0 Å². The third-order valence-electron chi connectivity index (χ3n) is 2.98. The summed E-state index contributed by atoms with van der Waals surface area (Å²) in [7, 11) is 0. The van der Waals surface area contributed by atoms with E-state index < -0.39 is 5.97 Å². The molecule has 1 aliphatic heterocycles. The summed E-state index contributed by atoms with van der Waals surface area (Å²) in [4.78, 5) is 24.2. The average molecular weight is 227 g/mol. The van der Waals surface area contributed by atoms with Gasteiger partial charge in [0.25, 0.3) is 0 Å². The van der Waals surface area contributed by atoms with Gasteiger partial charge in [0.15, 0.2) is 0 Å². The van der Waals surface area contributed by atoms with Crippen LogP contribution in [0.25, 0.3) is 0 Å².